The number of nitrogens with one attached hydrogen (secondary N) is 1. The van der Waals surface area contributed by atoms with Crippen LogP contribution >= 0.6 is 0 Å². The Bertz CT molecular complexity index is 489. The zero-order valence-electron chi connectivity index (χ0n) is 11.3. The molecule has 3 N–H and O–H groups in total. The molecule has 5 heteroatoms. The number of carboxylic acids is 1. The van der Waals surface area contributed by atoms with Crippen molar-refractivity contribution in [1.82, 2.24) is 5.32 Å². The Hall–Kier alpha value is -2.04. The molecule has 0 aromatic heterocycles. The fourth-order valence-electron chi connectivity index (χ4n) is 2.65. The number of benzene rings is 1. The summed E-state index contributed by atoms with van der Waals surface area (Å²) in [4.78, 5) is 23.2. The van der Waals surface area contributed by atoms with E-state index in [0.717, 1.165) is 18.4 Å². The van der Waals surface area contributed by atoms with Gasteiger partial charge in [0.05, 0.1) is 11.8 Å². The lowest BCUT2D eigenvalue weighted by Gasteiger charge is -2.23. The molecule has 1 fully saturated rings. The second kappa shape index (κ2) is 5.94. The van der Waals surface area contributed by atoms with Crippen LogP contribution in [0.4, 0.5) is 0 Å². The maximum atomic E-state index is 11.9. The smallest absolute Gasteiger partial charge is 0.311 e. The lowest BCUT2D eigenvalue weighted by atomic mass is 9.86. The van der Waals surface area contributed by atoms with E-state index in [2.05, 4.69) is 5.32 Å². The van der Waals surface area contributed by atoms with Gasteiger partial charge in [-0.05, 0) is 30.5 Å². The Morgan fingerprint density at radius 1 is 1.15 bits per heavy atom. The molecule has 0 aliphatic heterocycles. The summed E-state index contributed by atoms with van der Waals surface area (Å²) in [5.74, 6) is -0.854. The predicted molar refractivity (Wildman–Crippen MR) is 73.4 cm³/mol. The normalized spacial score (nSPS) is 16.8. The van der Waals surface area contributed by atoms with Crippen LogP contribution in [0.15, 0.2) is 24.3 Å². The van der Waals surface area contributed by atoms with Crippen molar-refractivity contribution in [2.24, 2.45) is 5.41 Å². The van der Waals surface area contributed by atoms with Crippen LogP contribution in [0.1, 0.15) is 31.2 Å². The Morgan fingerprint density at radius 3 is 2.30 bits per heavy atom. The van der Waals surface area contributed by atoms with E-state index >= 15 is 0 Å². The molecule has 1 aromatic carbocycles. The summed E-state index contributed by atoms with van der Waals surface area (Å²) in [6.45, 7) is 0.194. The van der Waals surface area contributed by atoms with Gasteiger partial charge in [0.2, 0.25) is 5.91 Å². The van der Waals surface area contributed by atoms with Gasteiger partial charge in [-0.15, -0.1) is 0 Å². The molecule has 1 aliphatic rings. The van der Waals surface area contributed by atoms with Crippen LogP contribution in [-0.4, -0.2) is 28.6 Å². The van der Waals surface area contributed by atoms with Crippen molar-refractivity contribution in [3.05, 3.63) is 29.8 Å². The number of carboxylic acid groups (broad SMARTS) is 1. The minimum atomic E-state index is -0.820. The molecule has 0 bridgehead atoms. The number of carbonyl (C=O) groups excluding carboxylic acids is 1. The van der Waals surface area contributed by atoms with Crippen LogP contribution in [0.3, 0.4) is 0 Å². The second-order valence-corrected chi connectivity index (χ2v) is 5.41. The monoisotopic (exact) mass is 277 g/mol. The van der Waals surface area contributed by atoms with Crippen LogP contribution < -0.4 is 5.32 Å². The number of phenolic OH excluding ortho intramolecular Hbond substituents is 1. The molecule has 0 saturated heterocycles. The second-order valence-electron chi connectivity index (χ2n) is 5.41. The van der Waals surface area contributed by atoms with E-state index < -0.39 is 11.4 Å². The molecular formula is C15H19NO4. The maximum absolute atomic E-state index is 11.9. The number of amides is 1. The number of aliphatic carboxylic acids is 1. The topological polar surface area (TPSA) is 86.6 Å². The van der Waals surface area contributed by atoms with Gasteiger partial charge in [0, 0.05) is 6.54 Å². The van der Waals surface area contributed by atoms with Gasteiger partial charge in [-0.2, -0.15) is 0 Å². The van der Waals surface area contributed by atoms with E-state index in [1.807, 2.05) is 0 Å². The highest BCUT2D eigenvalue weighted by Gasteiger charge is 2.41. The molecular weight excluding hydrogens is 258 g/mol. The van der Waals surface area contributed by atoms with E-state index in [1.54, 1.807) is 12.1 Å². The number of hydrogen-bond acceptors (Lipinski definition) is 3. The Morgan fingerprint density at radius 2 is 1.75 bits per heavy atom. The van der Waals surface area contributed by atoms with Gasteiger partial charge in [0.15, 0.2) is 0 Å². The van der Waals surface area contributed by atoms with Crippen molar-refractivity contribution in [3.8, 4) is 5.75 Å². The predicted octanol–water partition coefficient (Wildman–Crippen LogP) is 1.70. The Labute approximate surface area is 117 Å². The maximum Gasteiger partial charge on any atom is 0.311 e. The number of phenols is 1. The van der Waals surface area contributed by atoms with Gasteiger partial charge in [0.25, 0.3) is 0 Å². The molecule has 1 saturated carbocycles. The van der Waals surface area contributed by atoms with Gasteiger partial charge in [-0.25, -0.2) is 0 Å². The fourth-order valence-corrected chi connectivity index (χ4v) is 2.65. The van der Waals surface area contributed by atoms with Gasteiger partial charge < -0.3 is 15.5 Å². The van der Waals surface area contributed by atoms with E-state index in [4.69, 9.17) is 5.11 Å². The van der Waals surface area contributed by atoms with Gasteiger partial charge in [-0.3, -0.25) is 9.59 Å². The van der Waals surface area contributed by atoms with E-state index in [1.165, 1.54) is 12.1 Å². The summed E-state index contributed by atoms with van der Waals surface area (Å²) in [6, 6.07) is 6.41. The van der Waals surface area contributed by atoms with Crippen LogP contribution in [0.25, 0.3) is 0 Å². The summed E-state index contributed by atoms with van der Waals surface area (Å²) in [5, 5.41) is 21.2. The molecule has 0 atom stereocenters. The standard InChI is InChI=1S/C15H19NO4/c17-12-5-3-11(4-6-12)9-13(18)16-10-15(14(19)20)7-1-2-8-15/h3-6,17H,1-2,7-10H2,(H,16,18)(H,19,20). The first-order valence-corrected chi connectivity index (χ1v) is 6.80. The Balaban J connectivity index is 1.88. The van der Waals surface area contributed by atoms with Crippen LogP contribution in [0, 0.1) is 5.41 Å². The zero-order valence-corrected chi connectivity index (χ0v) is 11.3. The highest BCUT2D eigenvalue weighted by atomic mass is 16.4. The molecule has 1 aromatic rings. The molecule has 0 radical (unpaired) electrons. The molecule has 20 heavy (non-hydrogen) atoms. The van der Waals surface area contributed by atoms with Crippen molar-refractivity contribution in [3.63, 3.8) is 0 Å². The lowest BCUT2D eigenvalue weighted by Crippen LogP contribution is -2.41. The first-order chi connectivity index (χ1) is 9.52. The molecule has 0 spiro atoms. The van der Waals surface area contributed by atoms with Crippen molar-refractivity contribution >= 4 is 11.9 Å². The van der Waals surface area contributed by atoms with Gasteiger partial charge in [0.1, 0.15) is 5.75 Å². The first-order valence-electron chi connectivity index (χ1n) is 6.80. The average Bonchev–Trinajstić information content (AvgIpc) is 2.89. The highest BCUT2D eigenvalue weighted by molar-refractivity contribution is 5.80. The van der Waals surface area contributed by atoms with Crippen molar-refractivity contribution in [1.29, 1.82) is 0 Å². The lowest BCUT2D eigenvalue weighted by molar-refractivity contribution is -0.148. The molecule has 0 unspecified atom stereocenters. The van der Waals surface area contributed by atoms with E-state index in [0.29, 0.717) is 12.8 Å². The molecule has 1 aliphatic carbocycles. The zero-order chi connectivity index (χ0) is 14.6. The minimum absolute atomic E-state index is 0.157. The van der Waals surface area contributed by atoms with Crippen LogP contribution in [-0.2, 0) is 16.0 Å². The third-order valence-corrected chi connectivity index (χ3v) is 3.94. The van der Waals surface area contributed by atoms with Crippen LogP contribution in [0.2, 0.25) is 0 Å². The van der Waals surface area contributed by atoms with Gasteiger partial charge in [-0.1, -0.05) is 25.0 Å². The van der Waals surface area contributed by atoms with E-state index in [9.17, 15) is 14.7 Å². The first kappa shape index (κ1) is 14.4. The highest BCUT2D eigenvalue weighted by Crippen LogP contribution is 2.37. The molecule has 108 valence electrons. The number of rotatable bonds is 5. The summed E-state index contributed by atoms with van der Waals surface area (Å²) >= 11 is 0. The van der Waals surface area contributed by atoms with Crippen LogP contribution in [0.5, 0.6) is 5.75 Å². The molecule has 1 amide bonds. The Kier molecular flexibility index (Phi) is 4.27. The third-order valence-electron chi connectivity index (χ3n) is 3.94. The molecule has 5 nitrogen and oxygen atoms in total. The van der Waals surface area contributed by atoms with Crippen molar-refractivity contribution in [2.75, 3.05) is 6.54 Å². The molecule has 2 rings (SSSR count). The summed E-state index contributed by atoms with van der Waals surface area (Å²) in [6.07, 6.45) is 3.25. The quantitative estimate of drug-likeness (QED) is 0.764. The van der Waals surface area contributed by atoms with Crippen molar-refractivity contribution < 1.29 is 19.8 Å². The number of aromatic hydroxyl groups is 1. The summed E-state index contributed by atoms with van der Waals surface area (Å²) in [5.41, 5.74) is 0.000965. The summed E-state index contributed by atoms with van der Waals surface area (Å²) in [7, 11) is 0. The van der Waals surface area contributed by atoms with Gasteiger partial charge >= 0.3 is 5.97 Å². The fraction of sp³-hybridized carbons (Fsp3) is 0.467. The number of hydrogen-bond donors (Lipinski definition) is 3. The molecule has 0 heterocycles. The largest absolute Gasteiger partial charge is 0.508 e. The van der Waals surface area contributed by atoms with Crippen molar-refractivity contribution in [2.45, 2.75) is 32.1 Å². The van der Waals surface area contributed by atoms with E-state index in [-0.39, 0.29) is 24.6 Å². The number of carbonyl (C=O) groups is 2. The average molecular weight is 277 g/mol. The summed E-state index contributed by atoms with van der Waals surface area (Å²) < 4.78 is 0. The SMILES string of the molecule is O=C(Cc1ccc(O)cc1)NCC1(C(=O)O)CCCC1. The third kappa shape index (κ3) is 3.29. The minimum Gasteiger partial charge on any atom is -0.508 e.